The molecule has 2 aromatic heterocycles. The first-order chi connectivity index (χ1) is 14.2. The summed E-state index contributed by atoms with van der Waals surface area (Å²) in [6.07, 6.45) is 1.96. The third-order valence-corrected chi connectivity index (χ3v) is 5.87. The monoisotopic (exact) mass is 407 g/mol. The summed E-state index contributed by atoms with van der Waals surface area (Å²) in [5.74, 6) is 0.134. The molecule has 1 atom stereocenters. The molecule has 0 aliphatic carbocycles. The van der Waals surface area contributed by atoms with Crippen LogP contribution in [0.15, 0.2) is 72.2 Å². The van der Waals surface area contributed by atoms with Gasteiger partial charge >= 0.3 is 0 Å². The maximum Gasteiger partial charge on any atom is 0.136 e. The Kier molecular flexibility index (Phi) is 5.74. The van der Waals surface area contributed by atoms with Crippen LogP contribution < -0.4 is 10.1 Å². The van der Waals surface area contributed by atoms with Gasteiger partial charge in [-0.2, -0.15) is 5.10 Å². The molecule has 4 rings (SSSR count). The Bertz CT molecular complexity index is 1080. The topological polar surface area (TPSA) is 39.1 Å². The van der Waals surface area contributed by atoms with E-state index in [1.807, 2.05) is 42.6 Å². The van der Waals surface area contributed by atoms with Crippen molar-refractivity contribution in [3.05, 3.63) is 88.5 Å². The van der Waals surface area contributed by atoms with E-state index >= 15 is 0 Å². The van der Waals surface area contributed by atoms with Crippen molar-refractivity contribution in [3.63, 3.8) is 0 Å². The van der Waals surface area contributed by atoms with Crippen molar-refractivity contribution in [3.8, 4) is 22.7 Å². The molecular weight excluding hydrogens is 385 g/mol. The van der Waals surface area contributed by atoms with Crippen LogP contribution in [-0.2, 0) is 6.54 Å². The third-order valence-electron chi connectivity index (χ3n) is 4.81. The van der Waals surface area contributed by atoms with Gasteiger partial charge in [0.25, 0.3) is 0 Å². The lowest BCUT2D eigenvalue weighted by molar-refractivity contribution is 0.411. The van der Waals surface area contributed by atoms with Gasteiger partial charge in [-0.3, -0.25) is 0 Å². The van der Waals surface area contributed by atoms with Crippen LogP contribution in [0.25, 0.3) is 16.9 Å². The number of nitrogens with one attached hydrogen (secondary N) is 1. The van der Waals surface area contributed by atoms with Gasteiger partial charge in [-0.15, -0.1) is 11.3 Å². The van der Waals surface area contributed by atoms with Gasteiger partial charge in [0, 0.05) is 40.9 Å². The number of para-hydroxylation sites is 1. The molecule has 29 heavy (non-hydrogen) atoms. The standard InChI is InChI=1S/C23H22FN3OS/c1-16(22-9-6-12-29-22)25-14-17-15-27(18-7-4-3-5-8-18)26-23(17)20-11-10-19(28-2)13-21(20)24/h3-13,15-16,25H,14H2,1-2H3. The fourth-order valence-corrected chi connectivity index (χ4v) is 3.95. The maximum absolute atomic E-state index is 14.8. The van der Waals surface area contributed by atoms with Crippen LogP contribution >= 0.6 is 11.3 Å². The zero-order chi connectivity index (χ0) is 20.2. The first-order valence-electron chi connectivity index (χ1n) is 9.40. The van der Waals surface area contributed by atoms with Gasteiger partial charge in [-0.25, -0.2) is 9.07 Å². The van der Waals surface area contributed by atoms with Gasteiger partial charge in [0.15, 0.2) is 0 Å². The van der Waals surface area contributed by atoms with Crippen LogP contribution in [0.4, 0.5) is 4.39 Å². The lowest BCUT2D eigenvalue weighted by Gasteiger charge is -2.12. The predicted octanol–water partition coefficient (Wildman–Crippen LogP) is 5.60. The summed E-state index contributed by atoms with van der Waals surface area (Å²) in [5, 5.41) is 10.3. The highest BCUT2D eigenvalue weighted by molar-refractivity contribution is 7.10. The molecule has 6 heteroatoms. The highest BCUT2D eigenvalue weighted by Crippen LogP contribution is 2.29. The molecule has 0 saturated heterocycles. The first-order valence-corrected chi connectivity index (χ1v) is 10.3. The SMILES string of the molecule is COc1ccc(-c2nn(-c3ccccc3)cc2CNC(C)c2cccs2)c(F)c1. The van der Waals surface area contributed by atoms with Gasteiger partial charge in [-0.05, 0) is 42.6 Å². The number of halogens is 1. The molecule has 4 aromatic rings. The Morgan fingerprint density at radius 2 is 1.97 bits per heavy atom. The Morgan fingerprint density at radius 1 is 1.14 bits per heavy atom. The van der Waals surface area contributed by atoms with Crippen molar-refractivity contribution in [2.24, 2.45) is 0 Å². The van der Waals surface area contributed by atoms with Crippen molar-refractivity contribution in [2.75, 3.05) is 7.11 Å². The zero-order valence-electron chi connectivity index (χ0n) is 16.3. The number of nitrogens with zero attached hydrogens (tertiary/aromatic N) is 2. The average Bonchev–Trinajstić information content (AvgIpc) is 3.43. The molecule has 0 saturated carbocycles. The highest BCUT2D eigenvalue weighted by Gasteiger charge is 2.17. The van der Waals surface area contributed by atoms with Gasteiger partial charge in [0.1, 0.15) is 17.3 Å². The lowest BCUT2D eigenvalue weighted by atomic mass is 10.1. The number of ether oxygens (including phenoxy) is 1. The molecule has 0 spiro atoms. The number of hydrogen-bond donors (Lipinski definition) is 1. The van der Waals surface area contributed by atoms with Crippen molar-refractivity contribution < 1.29 is 9.13 Å². The van der Waals surface area contributed by atoms with Crippen LogP contribution in [0.5, 0.6) is 5.75 Å². The molecule has 0 radical (unpaired) electrons. The Balaban J connectivity index is 1.69. The van der Waals surface area contributed by atoms with Gasteiger partial charge in [-0.1, -0.05) is 24.3 Å². The fourth-order valence-electron chi connectivity index (χ4n) is 3.19. The van der Waals surface area contributed by atoms with Gasteiger partial charge in [0.05, 0.1) is 12.8 Å². The minimum atomic E-state index is -0.352. The van der Waals surface area contributed by atoms with E-state index in [0.29, 0.717) is 23.6 Å². The quantitative estimate of drug-likeness (QED) is 0.433. The maximum atomic E-state index is 14.8. The first kappa shape index (κ1) is 19.4. The number of hydrogen-bond acceptors (Lipinski definition) is 4. The summed E-state index contributed by atoms with van der Waals surface area (Å²) >= 11 is 1.72. The van der Waals surface area contributed by atoms with E-state index in [-0.39, 0.29) is 11.9 Å². The minimum Gasteiger partial charge on any atom is -0.497 e. The number of aromatic nitrogens is 2. The second-order valence-electron chi connectivity index (χ2n) is 6.75. The molecule has 2 aromatic carbocycles. The molecule has 2 heterocycles. The number of rotatable bonds is 7. The van der Waals surface area contributed by atoms with Crippen molar-refractivity contribution in [2.45, 2.75) is 19.5 Å². The van der Waals surface area contributed by atoms with Gasteiger partial charge in [0.2, 0.25) is 0 Å². The third kappa shape index (κ3) is 4.23. The van der Waals surface area contributed by atoms with Crippen molar-refractivity contribution in [1.29, 1.82) is 0 Å². The summed E-state index contributed by atoms with van der Waals surface area (Å²) in [5.41, 5.74) is 2.95. The zero-order valence-corrected chi connectivity index (χ0v) is 17.1. The summed E-state index contributed by atoms with van der Waals surface area (Å²) < 4.78 is 21.7. The minimum absolute atomic E-state index is 0.198. The Morgan fingerprint density at radius 3 is 2.66 bits per heavy atom. The fraction of sp³-hybridized carbons (Fsp3) is 0.174. The smallest absolute Gasteiger partial charge is 0.136 e. The number of thiophene rings is 1. The number of methoxy groups -OCH3 is 1. The van der Waals surface area contributed by atoms with E-state index in [1.54, 1.807) is 28.2 Å². The summed E-state index contributed by atoms with van der Waals surface area (Å²) in [6.45, 7) is 2.70. The molecule has 4 nitrogen and oxygen atoms in total. The van der Waals surface area contributed by atoms with Crippen LogP contribution in [-0.4, -0.2) is 16.9 Å². The number of benzene rings is 2. The summed E-state index contributed by atoms with van der Waals surface area (Å²) in [4.78, 5) is 1.26. The molecule has 0 aliphatic heterocycles. The second kappa shape index (κ2) is 8.59. The average molecular weight is 408 g/mol. The normalized spacial score (nSPS) is 12.1. The summed E-state index contributed by atoms with van der Waals surface area (Å²) in [6, 6.07) is 19.1. The Labute approximate surface area is 173 Å². The molecule has 0 fully saturated rings. The molecule has 0 aliphatic rings. The molecule has 1 unspecified atom stereocenters. The molecule has 0 amide bonds. The predicted molar refractivity (Wildman–Crippen MR) is 115 cm³/mol. The molecule has 0 bridgehead atoms. The highest BCUT2D eigenvalue weighted by atomic mass is 32.1. The van der Waals surface area contributed by atoms with Crippen molar-refractivity contribution >= 4 is 11.3 Å². The molecular formula is C23H22FN3OS. The molecule has 148 valence electrons. The molecule has 1 N–H and O–H groups in total. The Hall–Kier alpha value is -2.96. The van der Waals surface area contributed by atoms with Crippen LogP contribution in [0.2, 0.25) is 0 Å². The van der Waals surface area contributed by atoms with Crippen LogP contribution in [0.1, 0.15) is 23.4 Å². The second-order valence-corrected chi connectivity index (χ2v) is 7.73. The van der Waals surface area contributed by atoms with E-state index in [2.05, 4.69) is 23.7 Å². The van der Waals surface area contributed by atoms with Crippen LogP contribution in [0, 0.1) is 5.82 Å². The lowest BCUT2D eigenvalue weighted by Crippen LogP contribution is -2.17. The van der Waals surface area contributed by atoms with Gasteiger partial charge < -0.3 is 10.1 Å². The van der Waals surface area contributed by atoms with E-state index in [1.165, 1.54) is 18.1 Å². The summed E-state index contributed by atoms with van der Waals surface area (Å²) in [7, 11) is 1.53. The largest absolute Gasteiger partial charge is 0.497 e. The van der Waals surface area contributed by atoms with E-state index < -0.39 is 0 Å². The van der Waals surface area contributed by atoms with Crippen molar-refractivity contribution in [1.82, 2.24) is 15.1 Å². The van der Waals surface area contributed by atoms with E-state index in [4.69, 9.17) is 9.84 Å². The van der Waals surface area contributed by atoms with E-state index in [9.17, 15) is 4.39 Å². The van der Waals surface area contributed by atoms with E-state index in [0.717, 1.165) is 11.3 Å². The van der Waals surface area contributed by atoms with Crippen LogP contribution in [0.3, 0.4) is 0 Å².